The predicted octanol–water partition coefficient (Wildman–Crippen LogP) is 10.7. The van der Waals surface area contributed by atoms with Crippen molar-refractivity contribution in [1.82, 2.24) is 0 Å². The van der Waals surface area contributed by atoms with E-state index in [1.165, 1.54) is 11.6 Å². The van der Waals surface area contributed by atoms with Crippen LogP contribution in [0.4, 0.5) is 0 Å². The second-order valence-electron chi connectivity index (χ2n) is 8.48. The third-order valence-corrected chi connectivity index (χ3v) is 8.67. The molecule has 0 atom stereocenters. The number of carboxylic acid groups (broad SMARTS) is 1. The van der Waals surface area contributed by atoms with Crippen molar-refractivity contribution >= 4 is 135 Å². The van der Waals surface area contributed by atoms with E-state index < -0.39 is 13.1 Å². The van der Waals surface area contributed by atoms with Crippen molar-refractivity contribution in [3.8, 4) is 0 Å². The normalized spacial score (nSPS) is 9.56. The van der Waals surface area contributed by atoms with Gasteiger partial charge in [0.1, 0.15) is 0 Å². The van der Waals surface area contributed by atoms with Crippen LogP contribution in [0.15, 0.2) is 86.2 Å². The molecule has 0 aromatic heterocycles. The molecular weight excluding hydrogens is 972 g/mol. The van der Waals surface area contributed by atoms with Gasteiger partial charge in [-0.2, -0.15) is 0 Å². The van der Waals surface area contributed by atoms with Crippen LogP contribution in [0.5, 0.6) is 0 Å². The van der Waals surface area contributed by atoms with Crippen molar-refractivity contribution in [1.29, 1.82) is 0 Å². The number of aryl methyl sites for hydroxylation is 2. The van der Waals surface area contributed by atoms with Gasteiger partial charge in [0, 0.05) is 33.5 Å². The van der Waals surface area contributed by atoms with Gasteiger partial charge < -0.3 is 20.3 Å². The lowest BCUT2D eigenvalue weighted by atomic mass is 9.76. The number of benzene rings is 4. The summed E-state index contributed by atoms with van der Waals surface area (Å²) < 4.78 is 2.56. The molecule has 0 fully saturated rings. The van der Waals surface area contributed by atoms with E-state index in [1.807, 2.05) is 36.1 Å². The van der Waals surface area contributed by atoms with Crippen LogP contribution in [0, 0.1) is 0 Å². The highest BCUT2D eigenvalue weighted by Gasteiger charge is 2.14. The number of hydrogen-bond acceptors (Lipinski definition) is 4. The summed E-state index contributed by atoms with van der Waals surface area (Å²) in [5.74, 6) is -0.987. The first-order valence-corrected chi connectivity index (χ1v) is 19.0. The Morgan fingerprint density at radius 3 is 1.40 bits per heavy atom. The molecule has 0 amide bonds. The summed E-state index contributed by atoms with van der Waals surface area (Å²) in [6.45, 7) is 4.06. The molecule has 5 nitrogen and oxygen atoms in total. The molecule has 0 unspecified atom stereocenters. The van der Waals surface area contributed by atoms with Gasteiger partial charge in [-0.15, -0.1) is 0 Å². The zero-order valence-electron chi connectivity index (χ0n) is 24.3. The number of halogens is 8. The van der Waals surface area contributed by atoms with E-state index >= 15 is 0 Å². The smallest absolute Gasteiger partial charge is 0.478 e. The molecule has 14 heteroatoms. The number of carbonyl (C=O) groups is 1. The van der Waals surface area contributed by atoms with Gasteiger partial charge in [-0.1, -0.05) is 121 Å². The molecule has 0 aliphatic heterocycles. The quantitative estimate of drug-likeness (QED) is 0.0907. The van der Waals surface area contributed by atoms with Gasteiger partial charge in [-0.25, -0.2) is 4.79 Å². The monoisotopic (exact) mass is 998 g/mol. The molecule has 0 bridgehead atoms. The molecule has 0 spiro atoms. The van der Waals surface area contributed by atoms with Crippen LogP contribution in [0.2, 0.25) is 20.1 Å². The molecule has 0 aliphatic carbocycles. The van der Waals surface area contributed by atoms with Gasteiger partial charge in [-0.3, -0.25) is 0 Å². The number of aromatic carboxylic acids is 1. The van der Waals surface area contributed by atoms with Gasteiger partial charge >= 0.3 is 13.1 Å². The Labute approximate surface area is 323 Å². The number of carboxylic acids is 1. The van der Waals surface area contributed by atoms with E-state index in [2.05, 4.69) is 77.3 Å². The van der Waals surface area contributed by atoms with E-state index in [0.29, 0.717) is 25.0 Å². The Bertz CT molecular complexity index is 1450. The Morgan fingerprint density at radius 1 is 0.667 bits per heavy atom. The summed E-state index contributed by atoms with van der Waals surface area (Å²) in [5.41, 5.74) is 3.65. The maximum absolute atomic E-state index is 10.5. The van der Waals surface area contributed by atoms with Crippen LogP contribution >= 0.6 is 117 Å². The lowest BCUT2D eigenvalue weighted by molar-refractivity contribution is 0.0696. The molecule has 0 radical (unpaired) electrons. The molecule has 244 valence electrons. The second kappa shape index (κ2) is 24.7. The molecular formula is C31H31BBr3Cl4IO5. The van der Waals surface area contributed by atoms with Crippen LogP contribution in [-0.4, -0.2) is 38.3 Å². The first kappa shape index (κ1) is 44.6. The Hall–Kier alpha value is -0.375. The average Bonchev–Trinajstić information content (AvgIpc) is 3.02. The number of rotatable bonds is 5. The molecule has 4 aromatic rings. The highest BCUT2D eigenvalue weighted by Crippen LogP contribution is 2.22. The van der Waals surface area contributed by atoms with Crippen molar-refractivity contribution in [3.63, 3.8) is 0 Å². The fourth-order valence-corrected chi connectivity index (χ4v) is 5.34. The minimum atomic E-state index is -1.41. The average molecular weight is 1000 g/mol. The summed E-state index contributed by atoms with van der Waals surface area (Å²) in [7, 11) is -1.41. The molecule has 45 heavy (non-hydrogen) atoms. The Balaban J connectivity index is 0.000000564. The maximum atomic E-state index is 10.5. The number of aliphatic hydroxyl groups excluding tert-OH is 1. The van der Waals surface area contributed by atoms with E-state index in [4.69, 9.17) is 66.7 Å². The van der Waals surface area contributed by atoms with Crippen LogP contribution < -0.4 is 5.46 Å². The van der Waals surface area contributed by atoms with Crippen LogP contribution in [0.25, 0.3) is 0 Å². The van der Waals surface area contributed by atoms with E-state index in [-0.39, 0.29) is 12.2 Å². The lowest BCUT2D eigenvalue weighted by Crippen LogP contribution is -2.32. The summed E-state index contributed by atoms with van der Waals surface area (Å²) >= 11 is 34.7. The third kappa shape index (κ3) is 17.6. The van der Waals surface area contributed by atoms with E-state index in [1.54, 1.807) is 42.5 Å². The summed E-state index contributed by atoms with van der Waals surface area (Å²) in [6, 6.07) is 20.8. The third-order valence-electron chi connectivity index (χ3n) is 5.49. The number of alkyl halides is 1. The Morgan fingerprint density at radius 2 is 1.04 bits per heavy atom. The summed E-state index contributed by atoms with van der Waals surface area (Å²) in [6.07, 6.45) is 1.76. The maximum Gasteiger partial charge on any atom is 0.488 e. The first-order chi connectivity index (χ1) is 21.2. The van der Waals surface area contributed by atoms with Gasteiger partial charge in [0.05, 0.1) is 12.2 Å². The van der Waals surface area contributed by atoms with Gasteiger partial charge in [-0.05, 0) is 123 Å². The Kier molecular flexibility index (Phi) is 24.5. The standard InChI is InChI=1S/C8H10BClO2.C8H8BrCl.C7H4BrClO2.C7H6BrClO.CH3I/c1-2-6-5-7(10)3-4-8(6)9(11)12;1-2-6-5-7(10)3-4-8(6)9;8-6-2-1-4(9)3-5(6)7(10)11;8-7-2-1-6(9)3-5(7)4-10;1-2/h3-5,11-12H,2H2,1H3;3-5H,2H2,1H3;1-3H,(H,10,11);1-3,10H,4H2;1H3. The topological polar surface area (TPSA) is 98.0 Å². The van der Waals surface area contributed by atoms with Gasteiger partial charge in [0.25, 0.3) is 0 Å². The van der Waals surface area contributed by atoms with Crippen LogP contribution in [0.3, 0.4) is 0 Å². The number of aliphatic hydroxyl groups is 1. The molecule has 0 heterocycles. The van der Waals surface area contributed by atoms with Crippen molar-refractivity contribution in [3.05, 3.63) is 129 Å². The van der Waals surface area contributed by atoms with Crippen LogP contribution in [-0.2, 0) is 19.4 Å². The predicted molar refractivity (Wildman–Crippen MR) is 210 cm³/mol. The van der Waals surface area contributed by atoms with Crippen LogP contribution in [0.1, 0.15) is 40.9 Å². The molecule has 0 aliphatic rings. The summed E-state index contributed by atoms with van der Waals surface area (Å²) in [5, 5.41) is 37.7. The minimum Gasteiger partial charge on any atom is -0.478 e. The SMILES string of the molecule is CCc1cc(Cl)ccc1B(O)O.CCc1cc(Cl)ccc1Br.CI.O=C(O)c1cc(Cl)ccc1Br.OCc1cc(Cl)ccc1Br. The number of hydrogen-bond donors (Lipinski definition) is 4. The largest absolute Gasteiger partial charge is 0.488 e. The summed E-state index contributed by atoms with van der Waals surface area (Å²) in [4.78, 5) is 12.5. The second-order valence-corrected chi connectivity index (χ2v) is 12.8. The van der Waals surface area contributed by atoms with E-state index in [0.717, 1.165) is 37.9 Å². The molecule has 0 saturated heterocycles. The fourth-order valence-electron chi connectivity index (χ4n) is 3.27. The fraction of sp³-hybridized carbons (Fsp3) is 0.194. The molecule has 0 saturated carbocycles. The molecule has 4 N–H and O–H groups in total. The van der Waals surface area contributed by atoms with Crippen molar-refractivity contribution in [2.75, 3.05) is 4.93 Å². The molecule has 4 rings (SSSR count). The first-order valence-electron chi connectivity index (χ1n) is 12.9. The zero-order chi connectivity index (χ0) is 34.7. The highest BCUT2D eigenvalue weighted by molar-refractivity contribution is 14.1. The lowest BCUT2D eigenvalue weighted by Gasteiger charge is -2.06. The molecule has 4 aromatic carbocycles. The van der Waals surface area contributed by atoms with Gasteiger partial charge in [0.2, 0.25) is 0 Å². The van der Waals surface area contributed by atoms with E-state index in [9.17, 15) is 4.79 Å². The zero-order valence-corrected chi connectivity index (χ0v) is 34.3. The van der Waals surface area contributed by atoms with Gasteiger partial charge in [0.15, 0.2) is 0 Å². The van der Waals surface area contributed by atoms with Crippen molar-refractivity contribution < 1.29 is 25.1 Å². The van der Waals surface area contributed by atoms with Crippen molar-refractivity contribution in [2.24, 2.45) is 0 Å². The van der Waals surface area contributed by atoms with Crippen molar-refractivity contribution in [2.45, 2.75) is 33.3 Å². The highest BCUT2D eigenvalue weighted by atomic mass is 127. The minimum absolute atomic E-state index is 0.0150.